The van der Waals surface area contributed by atoms with Crippen LogP contribution in [0.4, 0.5) is 0 Å². The van der Waals surface area contributed by atoms with E-state index in [1.807, 2.05) is 0 Å². The Kier molecular flexibility index (Phi) is 5.00. The van der Waals surface area contributed by atoms with Gasteiger partial charge in [-0.2, -0.15) is 0 Å². The van der Waals surface area contributed by atoms with Gasteiger partial charge in [0.2, 0.25) is 0 Å². The molecule has 0 spiro atoms. The molecule has 2 heteroatoms. The van der Waals surface area contributed by atoms with Gasteiger partial charge in [-0.1, -0.05) is 37.1 Å². The summed E-state index contributed by atoms with van der Waals surface area (Å²) < 4.78 is 0. The van der Waals surface area contributed by atoms with Crippen molar-refractivity contribution >= 4 is 0 Å². The van der Waals surface area contributed by atoms with Gasteiger partial charge in [-0.05, 0) is 50.3 Å². The van der Waals surface area contributed by atoms with Crippen molar-refractivity contribution in [3.05, 3.63) is 34.9 Å². The highest BCUT2D eigenvalue weighted by Gasteiger charge is 2.22. The Hall–Kier alpha value is -0.860. The molecule has 1 aromatic rings. The van der Waals surface area contributed by atoms with E-state index in [0.29, 0.717) is 0 Å². The molecular formula is C17H27NO. The molecule has 1 fully saturated rings. The van der Waals surface area contributed by atoms with Crippen LogP contribution in [0.15, 0.2) is 18.2 Å². The zero-order chi connectivity index (χ0) is 13.8. The van der Waals surface area contributed by atoms with Crippen LogP contribution >= 0.6 is 0 Å². The van der Waals surface area contributed by atoms with Crippen LogP contribution in [0.2, 0.25) is 0 Å². The summed E-state index contributed by atoms with van der Waals surface area (Å²) in [5.74, 6) is 0.867. The first-order chi connectivity index (χ1) is 9.10. The van der Waals surface area contributed by atoms with Crippen LogP contribution in [0.25, 0.3) is 0 Å². The summed E-state index contributed by atoms with van der Waals surface area (Å²) in [5, 5.41) is 10.5. The summed E-state index contributed by atoms with van der Waals surface area (Å²) in [6.45, 7) is 9.31. The van der Waals surface area contributed by atoms with Crippen LogP contribution in [0, 0.1) is 19.8 Å². The standard InChI is InChI=1S/C17H27NO/c1-4-18(11-15-6-5-7-15)12-17(19)16-9-8-13(2)10-14(16)3/h8-10,15,17,19H,4-7,11-12H2,1-3H3. The van der Waals surface area contributed by atoms with Crippen molar-refractivity contribution in [1.29, 1.82) is 0 Å². The quantitative estimate of drug-likeness (QED) is 0.847. The van der Waals surface area contributed by atoms with Gasteiger partial charge in [0.25, 0.3) is 0 Å². The first-order valence-electron chi connectivity index (χ1n) is 7.57. The largest absolute Gasteiger partial charge is 0.387 e. The van der Waals surface area contributed by atoms with E-state index in [2.05, 4.69) is 43.9 Å². The van der Waals surface area contributed by atoms with E-state index in [1.165, 1.54) is 30.4 Å². The third-order valence-electron chi connectivity index (χ3n) is 4.40. The van der Waals surface area contributed by atoms with E-state index in [1.54, 1.807) is 0 Å². The van der Waals surface area contributed by atoms with Crippen LogP contribution in [0.5, 0.6) is 0 Å². The normalized spacial score (nSPS) is 17.5. The van der Waals surface area contributed by atoms with E-state index in [0.717, 1.165) is 31.1 Å². The third-order valence-corrected chi connectivity index (χ3v) is 4.40. The number of hydrogen-bond acceptors (Lipinski definition) is 2. The van der Waals surface area contributed by atoms with Gasteiger partial charge in [0.05, 0.1) is 6.10 Å². The summed E-state index contributed by atoms with van der Waals surface area (Å²) in [6.07, 6.45) is 3.77. The molecular weight excluding hydrogens is 234 g/mol. The molecule has 2 rings (SSSR count). The van der Waals surface area contributed by atoms with Crippen molar-refractivity contribution in [3.63, 3.8) is 0 Å². The maximum absolute atomic E-state index is 10.5. The molecule has 1 aromatic carbocycles. The summed E-state index contributed by atoms with van der Waals surface area (Å²) >= 11 is 0. The molecule has 0 amide bonds. The van der Waals surface area contributed by atoms with Crippen LogP contribution < -0.4 is 0 Å². The number of likely N-dealkylation sites (N-methyl/N-ethyl adjacent to an activating group) is 1. The minimum absolute atomic E-state index is 0.361. The zero-order valence-electron chi connectivity index (χ0n) is 12.5. The Bertz CT molecular complexity index is 412. The van der Waals surface area contributed by atoms with Gasteiger partial charge in [-0.25, -0.2) is 0 Å². The molecule has 0 radical (unpaired) electrons. The summed E-state index contributed by atoms with van der Waals surface area (Å²) in [7, 11) is 0. The highest BCUT2D eigenvalue weighted by Crippen LogP contribution is 2.28. The number of rotatable bonds is 6. The van der Waals surface area contributed by atoms with Crippen molar-refractivity contribution in [3.8, 4) is 0 Å². The molecule has 0 saturated heterocycles. The fourth-order valence-electron chi connectivity index (χ4n) is 2.92. The van der Waals surface area contributed by atoms with E-state index < -0.39 is 0 Å². The summed E-state index contributed by atoms with van der Waals surface area (Å²) in [6, 6.07) is 6.32. The van der Waals surface area contributed by atoms with Gasteiger partial charge in [-0.3, -0.25) is 0 Å². The lowest BCUT2D eigenvalue weighted by molar-refractivity contribution is 0.0937. The average Bonchev–Trinajstić information content (AvgIpc) is 2.31. The van der Waals surface area contributed by atoms with Gasteiger partial charge in [0.1, 0.15) is 0 Å². The average molecular weight is 261 g/mol. The Morgan fingerprint density at radius 1 is 1.32 bits per heavy atom. The number of hydrogen-bond donors (Lipinski definition) is 1. The number of aryl methyl sites for hydroxylation is 2. The second kappa shape index (κ2) is 6.53. The number of aliphatic hydroxyl groups is 1. The lowest BCUT2D eigenvalue weighted by atomic mass is 9.85. The van der Waals surface area contributed by atoms with Crippen molar-refractivity contribution in [2.24, 2.45) is 5.92 Å². The first kappa shape index (κ1) is 14.5. The van der Waals surface area contributed by atoms with Gasteiger partial charge < -0.3 is 10.0 Å². The molecule has 106 valence electrons. The molecule has 0 bridgehead atoms. The minimum atomic E-state index is -0.361. The maximum Gasteiger partial charge on any atom is 0.0919 e. The Balaban J connectivity index is 1.95. The molecule has 1 unspecified atom stereocenters. The van der Waals surface area contributed by atoms with Crippen molar-refractivity contribution in [2.75, 3.05) is 19.6 Å². The van der Waals surface area contributed by atoms with Crippen molar-refractivity contribution in [1.82, 2.24) is 4.90 Å². The maximum atomic E-state index is 10.5. The molecule has 2 nitrogen and oxygen atoms in total. The molecule has 0 aliphatic heterocycles. The summed E-state index contributed by atoms with van der Waals surface area (Å²) in [4.78, 5) is 2.40. The number of nitrogens with zero attached hydrogens (tertiary/aromatic N) is 1. The molecule has 19 heavy (non-hydrogen) atoms. The highest BCUT2D eigenvalue weighted by atomic mass is 16.3. The fraction of sp³-hybridized carbons (Fsp3) is 0.647. The van der Waals surface area contributed by atoms with Crippen molar-refractivity contribution in [2.45, 2.75) is 46.1 Å². The van der Waals surface area contributed by atoms with Crippen LogP contribution in [0.1, 0.15) is 49.0 Å². The third kappa shape index (κ3) is 3.80. The van der Waals surface area contributed by atoms with Crippen LogP contribution in [0.3, 0.4) is 0 Å². The summed E-state index contributed by atoms with van der Waals surface area (Å²) in [5.41, 5.74) is 3.54. The SMILES string of the molecule is CCN(CC1CCC1)CC(O)c1ccc(C)cc1C. The second-order valence-electron chi connectivity index (χ2n) is 6.02. The Morgan fingerprint density at radius 3 is 2.58 bits per heavy atom. The van der Waals surface area contributed by atoms with Crippen LogP contribution in [-0.2, 0) is 0 Å². The van der Waals surface area contributed by atoms with Crippen LogP contribution in [-0.4, -0.2) is 29.6 Å². The van der Waals surface area contributed by atoms with E-state index in [4.69, 9.17) is 0 Å². The molecule has 1 saturated carbocycles. The van der Waals surface area contributed by atoms with E-state index >= 15 is 0 Å². The second-order valence-corrected chi connectivity index (χ2v) is 6.02. The Morgan fingerprint density at radius 2 is 2.05 bits per heavy atom. The number of aliphatic hydroxyl groups excluding tert-OH is 1. The fourth-order valence-corrected chi connectivity index (χ4v) is 2.92. The van der Waals surface area contributed by atoms with Gasteiger partial charge >= 0.3 is 0 Å². The molecule has 1 N–H and O–H groups in total. The topological polar surface area (TPSA) is 23.5 Å². The minimum Gasteiger partial charge on any atom is -0.387 e. The monoisotopic (exact) mass is 261 g/mol. The Labute approximate surface area is 117 Å². The highest BCUT2D eigenvalue weighted by molar-refractivity contribution is 5.32. The first-order valence-corrected chi connectivity index (χ1v) is 7.57. The molecule has 1 atom stereocenters. The molecule has 1 aliphatic rings. The van der Waals surface area contributed by atoms with Gasteiger partial charge in [0.15, 0.2) is 0 Å². The van der Waals surface area contributed by atoms with Crippen molar-refractivity contribution < 1.29 is 5.11 Å². The predicted octanol–water partition coefficient (Wildman–Crippen LogP) is 3.46. The lowest BCUT2D eigenvalue weighted by Crippen LogP contribution is -2.35. The lowest BCUT2D eigenvalue weighted by Gasteiger charge is -2.33. The van der Waals surface area contributed by atoms with E-state index in [-0.39, 0.29) is 6.10 Å². The van der Waals surface area contributed by atoms with Gasteiger partial charge in [-0.15, -0.1) is 0 Å². The molecule has 0 heterocycles. The molecule has 1 aliphatic carbocycles. The molecule has 0 aromatic heterocycles. The predicted molar refractivity (Wildman–Crippen MR) is 80.3 cm³/mol. The zero-order valence-corrected chi connectivity index (χ0v) is 12.5. The number of benzene rings is 1. The smallest absolute Gasteiger partial charge is 0.0919 e. The van der Waals surface area contributed by atoms with E-state index in [9.17, 15) is 5.11 Å². The van der Waals surface area contributed by atoms with Gasteiger partial charge in [0, 0.05) is 13.1 Å².